The Morgan fingerprint density at radius 2 is 1.61 bits per heavy atom. The number of aryl methyl sites for hydroxylation is 1. The molecule has 3 aromatic carbocycles. The van der Waals surface area contributed by atoms with E-state index in [1.54, 1.807) is 4.90 Å². The van der Waals surface area contributed by atoms with E-state index in [9.17, 15) is 4.79 Å². The molecule has 0 aliphatic rings. The summed E-state index contributed by atoms with van der Waals surface area (Å²) in [5.74, 6) is 0.0111. The lowest BCUT2D eigenvalue weighted by atomic mass is 10.1. The Morgan fingerprint density at radius 3 is 2.36 bits per heavy atom. The van der Waals surface area contributed by atoms with Crippen LogP contribution in [0.4, 0.5) is 0 Å². The highest BCUT2D eigenvalue weighted by Gasteiger charge is 2.18. The number of carbonyl (C=O) groups is 1. The van der Waals surface area contributed by atoms with E-state index in [1.807, 2.05) is 85.4 Å². The second-order valence-electron chi connectivity index (χ2n) is 7.12. The Morgan fingerprint density at radius 1 is 0.929 bits per heavy atom. The number of hydrogen-bond donors (Lipinski definition) is 0. The Kier molecular flexibility index (Phi) is 4.70. The van der Waals surface area contributed by atoms with E-state index in [2.05, 4.69) is 18.1 Å². The fraction of sp³-hybridized carbons (Fsp3) is 0.167. The highest BCUT2D eigenvalue weighted by Crippen LogP contribution is 2.21. The van der Waals surface area contributed by atoms with Gasteiger partial charge in [0.15, 0.2) is 0 Å². The first-order valence-corrected chi connectivity index (χ1v) is 9.39. The van der Waals surface area contributed by atoms with Gasteiger partial charge in [-0.15, -0.1) is 0 Å². The average Bonchev–Trinajstić information content (AvgIpc) is 3.01. The molecule has 4 nitrogen and oxygen atoms in total. The molecular weight excluding hydrogens is 346 g/mol. The second-order valence-corrected chi connectivity index (χ2v) is 7.12. The van der Waals surface area contributed by atoms with Crippen molar-refractivity contribution in [1.29, 1.82) is 0 Å². The molecule has 140 valence electrons. The number of carbonyl (C=O) groups excluding carboxylic acids is 1. The van der Waals surface area contributed by atoms with Gasteiger partial charge in [-0.2, -0.15) is 5.10 Å². The number of para-hydroxylation sites is 1. The van der Waals surface area contributed by atoms with Crippen molar-refractivity contribution in [1.82, 2.24) is 14.7 Å². The number of rotatable bonds is 4. The van der Waals surface area contributed by atoms with Crippen LogP contribution in [0.5, 0.6) is 0 Å². The van der Waals surface area contributed by atoms with Crippen molar-refractivity contribution in [2.75, 3.05) is 7.05 Å². The van der Waals surface area contributed by atoms with Crippen LogP contribution < -0.4 is 0 Å². The first-order chi connectivity index (χ1) is 13.5. The average molecular weight is 369 g/mol. The van der Waals surface area contributed by atoms with Gasteiger partial charge in [-0.05, 0) is 48.9 Å². The SMILES string of the molecule is Cc1nn(-c2ccccc2)c(C)c1CN(C)C(=O)c1ccc2ccccc2c1. The molecular formula is C24H23N3O. The summed E-state index contributed by atoms with van der Waals surface area (Å²) in [6.07, 6.45) is 0. The van der Waals surface area contributed by atoms with E-state index >= 15 is 0 Å². The number of hydrogen-bond acceptors (Lipinski definition) is 2. The van der Waals surface area contributed by atoms with Crippen LogP contribution in [-0.4, -0.2) is 27.6 Å². The van der Waals surface area contributed by atoms with Crippen molar-refractivity contribution < 1.29 is 4.79 Å². The maximum atomic E-state index is 13.0. The molecule has 0 radical (unpaired) electrons. The minimum absolute atomic E-state index is 0.0111. The first kappa shape index (κ1) is 18.0. The van der Waals surface area contributed by atoms with Gasteiger partial charge in [-0.3, -0.25) is 4.79 Å². The third kappa shape index (κ3) is 3.29. The van der Waals surface area contributed by atoms with E-state index in [-0.39, 0.29) is 5.91 Å². The van der Waals surface area contributed by atoms with Gasteiger partial charge in [0.05, 0.1) is 11.4 Å². The summed E-state index contributed by atoms with van der Waals surface area (Å²) in [6, 6.07) is 24.0. The third-order valence-electron chi connectivity index (χ3n) is 5.18. The normalized spacial score (nSPS) is 11.0. The van der Waals surface area contributed by atoms with E-state index in [0.717, 1.165) is 33.4 Å². The minimum atomic E-state index is 0.0111. The van der Waals surface area contributed by atoms with Crippen LogP contribution in [0, 0.1) is 13.8 Å². The molecule has 4 rings (SSSR count). The van der Waals surface area contributed by atoms with Crippen molar-refractivity contribution in [2.24, 2.45) is 0 Å². The molecule has 0 aliphatic heterocycles. The van der Waals surface area contributed by atoms with Crippen molar-refractivity contribution in [2.45, 2.75) is 20.4 Å². The summed E-state index contributed by atoms with van der Waals surface area (Å²) >= 11 is 0. The van der Waals surface area contributed by atoms with E-state index in [1.165, 1.54) is 0 Å². The lowest BCUT2D eigenvalue weighted by Crippen LogP contribution is -2.26. The number of amides is 1. The highest BCUT2D eigenvalue weighted by atomic mass is 16.2. The van der Waals surface area contributed by atoms with Crippen LogP contribution in [0.2, 0.25) is 0 Å². The summed E-state index contributed by atoms with van der Waals surface area (Å²) in [5.41, 5.74) is 4.81. The highest BCUT2D eigenvalue weighted by molar-refractivity contribution is 5.98. The van der Waals surface area contributed by atoms with Gasteiger partial charge < -0.3 is 4.90 Å². The first-order valence-electron chi connectivity index (χ1n) is 9.39. The maximum Gasteiger partial charge on any atom is 0.253 e. The predicted octanol–water partition coefficient (Wildman–Crippen LogP) is 4.91. The molecule has 1 amide bonds. The second kappa shape index (κ2) is 7.31. The fourth-order valence-corrected chi connectivity index (χ4v) is 3.58. The molecule has 0 bridgehead atoms. The van der Waals surface area contributed by atoms with Gasteiger partial charge in [0.2, 0.25) is 0 Å². The Bertz CT molecular complexity index is 1150. The topological polar surface area (TPSA) is 38.1 Å². The zero-order valence-electron chi connectivity index (χ0n) is 16.4. The molecule has 4 heteroatoms. The van der Waals surface area contributed by atoms with Crippen molar-refractivity contribution in [3.8, 4) is 5.69 Å². The van der Waals surface area contributed by atoms with Gasteiger partial charge in [0, 0.05) is 30.4 Å². The van der Waals surface area contributed by atoms with Crippen LogP contribution in [0.1, 0.15) is 27.3 Å². The monoisotopic (exact) mass is 369 g/mol. The van der Waals surface area contributed by atoms with Gasteiger partial charge in [-0.25, -0.2) is 4.68 Å². The molecule has 0 aliphatic carbocycles. The number of nitrogens with zero attached hydrogens (tertiary/aromatic N) is 3. The van der Waals surface area contributed by atoms with Crippen LogP contribution in [-0.2, 0) is 6.54 Å². The van der Waals surface area contributed by atoms with Gasteiger partial charge in [0.1, 0.15) is 0 Å². The molecule has 0 saturated carbocycles. The molecule has 4 aromatic rings. The molecule has 0 saturated heterocycles. The maximum absolute atomic E-state index is 13.0. The summed E-state index contributed by atoms with van der Waals surface area (Å²) < 4.78 is 1.94. The van der Waals surface area contributed by atoms with Crippen molar-refractivity contribution >= 4 is 16.7 Å². The molecule has 1 aromatic heterocycles. The Hall–Kier alpha value is -3.40. The van der Waals surface area contributed by atoms with Crippen LogP contribution in [0.25, 0.3) is 16.5 Å². The molecule has 0 N–H and O–H groups in total. The number of aromatic nitrogens is 2. The molecule has 0 fully saturated rings. The van der Waals surface area contributed by atoms with Gasteiger partial charge >= 0.3 is 0 Å². The lowest BCUT2D eigenvalue weighted by molar-refractivity contribution is 0.0785. The minimum Gasteiger partial charge on any atom is -0.337 e. The van der Waals surface area contributed by atoms with E-state index in [0.29, 0.717) is 12.1 Å². The zero-order valence-corrected chi connectivity index (χ0v) is 16.4. The van der Waals surface area contributed by atoms with E-state index in [4.69, 9.17) is 0 Å². The Balaban J connectivity index is 1.60. The summed E-state index contributed by atoms with van der Waals surface area (Å²) in [5, 5.41) is 6.90. The van der Waals surface area contributed by atoms with Crippen LogP contribution >= 0.6 is 0 Å². The molecule has 0 atom stereocenters. The third-order valence-corrected chi connectivity index (χ3v) is 5.18. The number of benzene rings is 3. The quantitative estimate of drug-likeness (QED) is 0.512. The fourth-order valence-electron chi connectivity index (χ4n) is 3.58. The molecule has 1 heterocycles. The van der Waals surface area contributed by atoms with Gasteiger partial charge in [0.25, 0.3) is 5.91 Å². The molecule has 0 spiro atoms. The lowest BCUT2D eigenvalue weighted by Gasteiger charge is -2.18. The predicted molar refractivity (Wildman–Crippen MR) is 113 cm³/mol. The van der Waals surface area contributed by atoms with Crippen molar-refractivity contribution in [3.05, 3.63) is 95.3 Å². The summed E-state index contributed by atoms with van der Waals surface area (Å²) in [6.45, 7) is 4.57. The number of fused-ring (bicyclic) bond motifs is 1. The van der Waals surface area contributed by atoms with Crippen LogP contribution in [0.15, 0.2) is 72.8 Å². The van der Waals surface area contributed by atoms with Crippen molar-refractivity contribution in [3.63, 3.8) is 0 Å². The van der Waals surface area contributed by atoms with Crippen LogP contribution in [0.3, 0.4) is 0 Å². The smallest absolute Gasteiger partial charge is 0.253 e. The van der Waals surface area contributed by atoms with E-state index < -0.39 is 0 Å². The zero-order chi connectivity index (χ0) is 19.7. The largest absolute Gasteiger partial charge is 0.337 e. The molecule has 0 unspecified atom stereocenters. The summed E-state index contributed by atoms with van der Waals surface area (Å²) in [4.78, 5) is 14.8. The summed E-state index contributed by atoms with van der Waals surface area (Å²) in [7, 11) is 1.84. The molecule has 28 heavy (non-hydrogen) atoms. The van der Waals surface area contributed by atoms with Gasteiger partial charge in [-0.1, -0.05) is 48.5 Å². The Labute approximate surface area is 165 Å². The standard InChI is InChI=1S/C24H23N3O/c1-17-23(18(2)27(25-17)22-11-5-4-6-12-22)16-26(3)24(28)21-14-13-19-9-7-8-10-20(19)15-21/h4-15H,16H2,1-3H3.